The van der Waals surface area contributed by atoms with E-state index in [1.54, 1.807) is 30.2 Å². The van der Waals surface area contributed by atoms with Crippen molar-refractivity contribution in [2.45, 2.75) is 0 Å². The van der Waals surface area contributed by atoms with E-state index in [1.807, 2.05) is 36.4 Å². The van der Waals surface area contributed by atoms with Gasteiger partial charge in [0.15, 0.2) is 5.17 Å². The fraction of sp³-hybridized carbons (Fsp3) is 0.158. The maximum atomic E-state index is 12.8. The summed E-state index contributed by atoms with van der Waals surface area (Å²) in [6, 6.07) is 14.8. The van der Waals surface area contributed by atoms with Gasteiger partial charge in [-0.1, -0.05) is 47.5 Å². The molecule has 0 atom stereocenters. The molecule has 2 aromatic rings. The highest BCUT2D eigenvalue weighted by Crippen LogP contribution is 2.34. The zero-order valence-electron chi connectivity index (χ0n) is 14.0. The topological polar surface area (TPSA) is 41.9 Å². The monoisotopic (exact) mass is 406 g/mol. The second-order valence-corrected chi connectivity index (χ2v) is 7.29. The third-order valence-electron chi connectivity index (χ3n) is 3.63. The molecule has 0 aromatic heterocycles. The summed E-state index contributed by atoms with van der Waals surface area (Å²) in [6.07, 6.45) is 1.79. The fourth-order valence-electron chi connectivity index (χ4n) is 2.34. The zero-order valence-corrected chi connectivity index (χ0v) is 16.3. The lowest BCUT2D eigenvalue weighted by molar-refractivity contribution is -0.122. The summed E-state index contributed by atoms with van der Waals surface area (Å²) >= 11 is 13.4. The Labute approximate surface area is 166 Å². The molecule has 0 unspecified atom stereocenters. The second-order valence-electron chi connectivity index (χ2n) is 5.46. The molecule has 26 heavy (non-hydrogen) atoms. The molecule has 7 heteroatoms. The summed E-state index contributed by atoms with van der Waals surface area (Å²) in [5.41, 5.74) is 1.60. The molecular formula is C19H16Cl2N2O2S. The summed E-state index contributed by atoms with van der Waals surface area (Å²) in [5, 5.41) is 1.56. The van der Waals surface area contributed by atoms with Gasteiger partial charge in [-0.05, 0) is 47.7 Å². The minimum atomic E-state index is -0.104. The highest BCUT2D eigenvalue weighted by molar-refractivity contribution is 8.18. The Bertz CT molecular complexity index is 869. The second kappa shape index (κ2) is 8.73. The van der Waals surface area contributed by atoms with Crippen LogP contribution in [0.3, 0.4) is 0 Å². The van der Waals surface area contributed by atoms with Crippen molar-refractivity contribution in [3.8, 4) is 0 Å². The first-order valence-electron chi connectivity index (χ1n) is 7.87. The first-order chi connectivity index (χ1) is 12.6. The van der Waals surface area contributed by atoms with Crippen LogP contribution in [-0.4, -0.2) is 36.2 Å². The Morgan fingerprint density at radius 2 is 1.92 bits per heavy atom. The largest absolute Gasteiger partial charge is 0.383 e. The number of methoxy groups -OCH3 is 1. The third kappa shape index (κ3) is 4.48. The molecule has 4 nitrogen and oxygen atoms in total. The Balaban J connectivity index is 1.93. The Hall–Kier alpha value is -1.79. The van der Waals surface area contributed by atoms with Gasteiger partial charge in [0.2, 0.25) is 0 Å². The van der Waals surface area contributed by atoms with Gasteiger partial charge in [0.1, 0.15) is 0 Å². The molecule has 0 N–H and O–H groups in total. The number of hydrogen-bond acceptors (Lipinski definition) is 4. The first-order valence-corrected chi connectivity index (χ1v) is 9.45. The fourth-order valence-corrected chi connectivity index (χ4v) is 3.67. The number of para-hydroxylation sites is 1. The molecule has 0 radical (unpaired) electrons. The molecule has 1 amide bonds. The van der Waals surface area contributed by atoms with Gasteiger partial charge in [-0.2, -0.15) is 0 Å². The van der Waals surface area contributed by atoms with Gasteiger partial charge in [-0.15, -0.1) is 0 Å². The van der Waals surface area contributed by atoms with Crippen LogP contribution in [0, 0.1) is 0 Å². The molecule has 3 rings (SSSR count). The minimum Gasteiger partial charge on any atom is -0.383 e. The average molecular weight is 407 g/mol. The van der Waals surface area contributed by atoms with Crippen LogP contribution in [0.4, 0.5) is 5.69 Å². The molecule has 0 saturated carbocycles. The number of benzene rings is 2. The summed E-state index contributed by atoms with van der Waals surface area (Å²) in [7, 11) is 1.61. The predicted octanol–water partition coefficient (Wildman–Crippen LogP) is 5.24. The molecule has 1 aliphatic heterocycles. The number of rotatable bonds is 5. The number of amides is 1. The maximum Gasteiger partial charge on any atom is 0.266 e. The predicted molar refractivity (Wildman–Crippen MR) is 109 cm³/mol. The quantitative estimate of drug-likeness (QED) is 0.637. The van der Waals surface area contributed by atoms with Crippen LogP contribution in [-0.2, 0) is 9.53 Å². The van der Waals surface area contributed by atoms with E-state index in [-0.39, 0.29) is 5.91 Å². The van der Waals surface area contributed by atoms with Crippen molar-refractivity contribution in [3.63, 3.8) is 0 Å². The van der Waals surface area contributed by atoms with Gasteiger partial charge in [0.25, 0.3) is 5.91 Å². The van der Waals surface area contributed by atoms with E-state index in [1.165, 1.54) is 11.8 Å². The summed E-state index contributed by atoms with van der Waals surface area (Å²) in [5.74, 6) is -0.104. The number of ether oxygens (including phenoxy) is 1. The standard InChI is InChI=1S/C19H16Cl2N2O2S/c1-25-10-9-23-18(24)17(12-13-7-8-15(20)16(21)11-13)26-19(23)22-14-5-3-2-4-6-14/h2-8,11-12H,9-10H2,1H3/b17-12-,22-19?. The summed E-state index contributed by atoms with van der Waals surface area (Å²) in [6.45, 7) is 0.868. The molecule has 1 fully saturated rings. The van der Waals surface area contributed by atoms with E-state index < -0.39 is 0 Å². The first kappa shape index (κ1) is 19.0. The number of halogens is 2. The van der Waals surface area contributed by atoms with Gasteiger partial charge in [-0.3, -0.25) is 9.69 Å². The third-order valence-corrected chi connectivity index (χ3v) is 5.38. The smallest absolute Gasteiger partial charge is 0.266 e. The molecule has 2 aromatic carbocycles. The Morgan fingerprint density at radius 1 is 1.15 bits per heavy atom. The molecule has 1 saturated heterocycles. The van der Waals surface area contributed by atoms with Crippen LogP contribution < -0.4 is 0 Å². The maximum absolute atomic E-state index is 12.8. The van der Waals surface area contributed by atoms with Gasteiger partial charge in [0.05, 0.1) is 33.8 Å². The minimum absolute atomic E-state index is 0.104. The van der Waals surface area contributed by atoms with E-state index in [2.05, 4.69) is 4.99 Å². The van der Waals surface area contributed by atoms with Gasteiger partial charge in [-0.25, -0.2) is 4.99 Å². The zero-order chi connectivity index (χ0) is 18.5. The molecule has 0 bridgehead atoms. The Kier molecular flexibility index (Phi) is 6.38. The van der Waals surface area contributed by atoms with Crippen LogP contribution >= 0.6 is 35.0 Å². The lowest BCUT2D eigenvalue weighted by Gasteiger charge is -2.14. The van der Waals surface area contributed by atoms with Crippen molar-refractivity contribution in [2.75, 3.05) is 20.3 Å². The van der Waals surface area contributed by atoms with Gasteiger partial charge >= 0.3 is 0 Å². The van der Waals surface area contributed by atoms with E-state index in [0.29, 0.717) is 33.3 Å². The van der Waals surface area contributed by atoms with E-state index in [4.69, 9.17) is 27.9 Å². The van der Waals surface area contributed by atoms with Crippen molar-refractivity contribution >= 4 is 57.8 Å². The molecular weight excluding hydrogens is 391 g/mol. The Morgan fingerprint density at radius 3 is 2.62 bits per heavy atom. The van der Waals surface area contributed by atoms with Crippen LogP contribution in [0.25, 0.3) is 6.08 Å². The highest BCUT2D eigenvalue weighted by Gasteiger charge is 2.33. The number of thioether (sulfide) groups is 1. The van der Waals surface area contributed by atoms with Crippen molar-refractivity contribution in [3.05, 3.63) is 69.0 Å². The number of nitrogens with zero attached hydrogens (tertiary/aromatic N) is 2. The normalized spacial score (nSPS) is 17.5. The molecule has 0 spiro atoms. The van der Waals surface area contributed by atoms with Crippen molar-refractivity contribution in [1.29, 1.82) is 0 Å². The van der Waals surface area contributed by atoms with Crippen molar-refractivity contribution in [2.24, 2.45) is 4.99 Å². The number of amidine groups is 1. The number of hydrogen-bond donors (Lipinski definition) is 0. The molecule has 134 valence electrons. The molecule has 1 heterocycles. The molecule has 1 aliphatic rings. The van der Waals surface area contributed by atoms with Crippen molar-refractivity contribution < 1.29 is 9.53 Å². The van der Waals surface area contributed by atoms with Crippen LogP contribution in [0.5, 0.6) is 0 Å². The average Bonchev–Trinajstić information content (AvgIpc) is 2.92. The lowest BCUT2D eigenvalue weighted by atomic mass is 10.2. The van der Waals surface area contributed by atoms with Gasteiger partial charge < -0.3 is 4.74 Å². The summed E-state index contributed by atoms with van der Waals surface area (Å²) in [4.78, 5) is 19.6. The number of aliphatic imine (C=N–C) groups is 1. The van der Waals surface area contributed by atoms with Crippen LogP contribution in [0.2, 0.25) is 10.0 Å². The SMILES string of the molecule is COCCN1C(=O)/C(=C/c2ccc(Cl)c(Cl)c2)SC1=Nc1ccccc1. The van der Waals surface area contributed by atoms with E-state index in [9.17, 15) is 4.79 Å². The number of carbonyl (C=O) groups is 1. The van der Waals surface area contributed by atoms with Crippen LogP contribution in [0.15, 0.2) is 58.4 Å². The molecule has 0 aliphatic carbocycles. The highest BCUT2D eigenvalue weighted by atomic mass is 35.5. The van der Waals surface area contributed by atoms with E-state index >= 15 is 0 Å². The lowest BCUT2D eigenvalue weighted by Crippen LogP contribution is -2.32. The van der Waals surface area contributed by atoms with Crippen molar-refractivity contribution in [1.82, 2.24) is 4.90 Å². The van der Waals surface area contributed by atoms with E-state index in [0.717, 1.165) is 11.3 Å². The summed E-state index contributed by atoms with van der Waals surface area (Å²) < 4.78 is 5.12. The van der Waals surface area contributed by atoms with Gasteiger partial charge in [0, 0.05) is 7.11 Å². The number of carbonyl (C=O) groups excluding carboxylic acids is 1. The van der Waals surface area contributed by atoms with Crippen LogP contribution in [0.1, 0.15) is 5.56 Å².